The molecule has 0 bridgehead atoms. The van der Waals surface area contributed by atoms with E-state index in [-0.39, 0.29) is 0 Å². The smallest absolute Gasteiger partial charge is 0.190 e. The number of hydrogen-bond acceptors (Lipinski definition) is 4. The third kappa shape index (κ3) is 9.20. The topological polar surface area (TPSA) is 72.7 Å². The Morgan fingerprint density at radius 1 is 1.17 bits per heavy atom. The fraction of sp³-hybridized carbons (Fsp3) is 0.750. The van der Waals surface area contributed by atoms with Crippen molar-refractivity contribution in [2.75, 3.05) is 47.1 Å². The molecule has 1 aromatic heterocycles. The van der Waals surface area contributed by atoms with Crippen LogP contribution in [-0.4, -0.2) is 62.6 Å². The first kappa shape index (κ1) is 19.4. The summed E-state index contributed by atoms with van der Waals surface area (Å²) in [6, 6.07) is 0. The molecule has 0 aliphatic carbocycles. The molecule has 1 aromatic rings. The zero-order valence-corrected chi connectivity index (χ0v) is 14.7. The van der Waals surface area contributed by atoms with Gasteiger partial charge in [-0.25, -0.2) is 4.98 Å². The van der Waals surface area contributed by atoms with E-state index in [0.717, 1.165) is 57.3 Å². The molecule has 2 N–H and O–H groups in total. The third-order valence-electron chi connectivity index (χ3n) is 3.46. The van der Waals surface area contributed by atoms with Gasteiger partial charge in [0.2, 0.25) is 0 Å². The van der Waals surface area contributed by atoms with Crippen LogP contribution in [0.1, 0.15) is 25.1 Å². The Morgan fingerprint density at radius 2 is 1.96 bits per heavy atom. The monoisotopic (exact) mass is 325 g/mol. The summed E-state index contributed by atoms with van der Waals surface area (Å²) in [5.74, 6) is 1.92. The summed E-state index contributed by atoms with van der Waals surface area (Å²) in [4.78, 5) is 8.44. The molecule has 0 radical (unpaired) electrons. The van der Waals surface area contributed by atoms with Crippen molar-refractivity contribution >= 4 is 5.96 Å². The van der Waals surface area contributed by atoms with Gasteiger partial charge in [0, 0.05) is 52.8 Å². The van der Waals surface area contributed by atoms with Gasteiger partial charge in [0.25, 0.3) is 0 Å². The van der Waals surface area contributed by atoms with Gasteiger partial charge in [-0.05, 0) is 26.2 Å². The molecule has 0 aliphatic rings. The number of unbranched alkanes of at least 4 members (excludes halogenated alkanes) is 1. The molecule has 132 valence electrons. The predicted octanol–water partition coefficient (Wildman–Crippen LogP) is 1.19. The third-order valence-corrected chi connectivity index (χ3v) is 3.46. The van der Waals surface area contributed by atoms with Gasteiger partial charge in [0.15, 0.2) is 5.96 Å². The molecule has 0 unspecified atom stereocenters. The lowest BCUT2D eigenvalue weighted by Gasteiger charge is -2.12. The van der Waals surface area contributed by atoms with E-state index in [4.69, 9.17) is 9.47 Å². The number of aliphatic imine (C=N–C) groups is 1. The number of hydrogen-bond donors (Lipinski definition) is 2. The van der Waals surface area contributed by atoms with Crippen molar-refractivity contribution < 1.29 is 9.47 Å². The van der Waals surface area contributed by atoms with Crippen LogP contribution in [0.25, 0.3) is 0 Å². The maximum Gasteiger partial charge on any atom is 0.190 e. The van der Waals surface area contributed by atoms with Crippen LogP contribution in [-0.2, 0) is 16.0 Å². The van der Waals surface area contributed by atoms with Gasteiger partial charge in [-0.3, -0.25) is 4.99 Å². The van der Waals surface area contributed by atoms with Crippen LogP contribution < -0.4 is 10.6 Å². The zero-order chi connectivity index (χ0) is 16.8. The molecule has 0 atom stereocenters. The van der Waals surface area contributed by atoms with Crippen molar-refractivity contribution in [3.05, 3.63) is 18.2 Å². The van der Waals surface area contributed by atoms with Crippen molar-refractivity contribution in [1.82, 2.24) is 20.2 Å². The van der Waals surface area contributed by atoms with Crippen molar-refractivity contribution in [3.8, 4) is 0 Å². The predicted molar refractivity (Wildman–Crippen MR) is 92.9 cm³/mol. The molecule has 7 heteroatoms. The lowest BCUT2D eigenvalue weighted by molar-refractivity contribution is 0.0698. The zero-order valence-electron chi connectivity index (χ0n) is 14.7. The quantitative estimate of drug-likeness (QED) is 0.343. The fourth-order valence-corrected chi connectivity index (χ4v) is 2.10. The SMILES string of the molecule is CN=C(NCCCCn1ccnc1C)NCCCOCCOC. The summed E-state index contributed by atoms with van der Waals surface area (Å²) in [5.41, 5.74) is 0. The number of aromatic nitrogens is 2. The Kier molecular flexibility index (Phi) is 10.9. The van der Waals surface area contributed by atoms with Crippen LogP contribution in [0.3, 0.4) is 0 Å². The largest absolute Gasteiger partial charge is 0.382 e. The Morgan fingerprint density at radius 3 is 2.61 bits per heavy atom. The Balaban J connectivity index is 1.98. The molecule has 0 amide bonds. The highest BCUT2D eigenvalue weighted by Gasteiger charge is 1.98. The number of ether oxygens (including phenoxy) is 2. The molecular formula is C16H31N5O2. The molecular weight excluding hydrogens is 294 g/mol. The highest BCUT2D eigenvalue weighted by atomic mass is 16.5. The second-order valence-electron chi connectivity index (χ2n) is 5.26. The maximum absolute atomic E-state index is 5.41. The number of aryl methyl sites for hydroxylation is 2. The second-order valence-corrected chi connectivity index (χ2v) is 5.26. The van der Waals surface area contributed by atoms with Gasteiger partial charge < -0.3 is 24.7 Å². The Labute approximate surface area is 139 Å². The summed E-state index contributed by atoms with van der Waals surface area (Å²) in [6.45, 7) is 6.84. The summed E-state index contributed by atoms with van der Waals surface area (Å²) >= 11 is 0. The summed E-state index contributed by atoms with van der Waals surface area (Å²) in [6.07, 6.45) is 7.04. The van der Waals surface area contributed by atoms with Crippen LogP contribution in [0.2, 0.25) is 0 Å². The van der Waals surface area contributed by atoms with Crippen LogP contribution in [0, 0.1) is 6.92 Å². The van der Waals surface area contributed by atoms with Crippen LogP contribution in [0.15, 0.2) is 17.4 Å². The van der Waals surface area contributed by atoms with Crippen LogP contribution in [0.4, 0.5) is 0 Å². The van der Waals surface area contributed by atoms with Gasteiger partial charge in [-0.2, -0.15) is 0 Å². The van der Waals surface area contributed by atoms with E-state index in [1.165, 1.54) is 0 Å². The molecule has 7 nitrogen and oxygen atoms in total. The van der Waals surface area contributed by atoms with Gasteiger partial charge in [0.05, 0.1) is 13.2 Å². The van der Waals surface area contributed by atoms with E-state index in [9.17, 15) is 0 Å². The molecule has 1 rings (SSSR count). The first-order valence-corrected chi connectivity index (χ1v) is 8.27. The molecule has 0 saturated heterocycles. The lowest BCUT2D eigenvalue weighted by atomic mass is 10.3. The van der Waals surface area contributed by atoms with Gasteiger partial charge in [0.1, 0.15) is 5.82 Å². The maximum atomic E-state index is 5.41. The highest BCUT2D eigenvalue weighted by Crippen LogP contribution is 1.99. The summed E-state index contributed by atoms with van der Waals surface area (Å²) < 4.78 is 12.5. The van der Waals surface area contributed by atoms with E-state index >= 15 is 0 Å². The molecule has 1 heterocycles. The van der Waals surface area contributed by atoms with Gasteiger partial charge in [-0.15, -0.1) is 0 Å². The minimum absolute atomic E-state index is 0.648. The lowest BCUT2D eigenvalue weighted by Crippen LogP contribution is -2.38. The standard InChI is InChI=1S/C16H31N5O2/c1-15-18-9-11-21(15)10-5-4-7-19-16(17-2)20-8-6-12-23-14-13-22-3/h9,11H,4-8,10,12-14H2,1-3H3,(H2,17,19,20). The molecule has 0 saturated carbocycles. The van der Waals surface area contributed by atoms with E-state index < -0.39 is 0 Å². The number of rotatable bonds is 12. The van der Waals surface area contributed by atoms with E-state index in [0.29, 0.717) is 13.2 Å². The van der Waals surface area contributed by atoms with Crippen LogP contribution >= 0.6 is 0 Å². The molecule has 0 spiro atoms. The first-order chi connectivity index (χ1) is 11.3. The van der Waals surface area contributed by atoms with Crippen molar-refractivity contribution in [3.63, 3.8) is 0 Å². The molecule has 23 heavy (non-hydrogen) atoms. The Hall–Kier alpha value is -1.60. The van der Waals surface area contributed by atoms with E-state index in [2.05, 4.69) is 25.2 Å². The fourth-order valence-electron chi connectivity index (χ4n) is 2.10. The first-order valence-electron chi connectivity index (χ1n) is 8.27. The van der Waals surface area contributed by atoms with Gasteiger partial charge in [-0.1, -0.05) is 0 Å². The second kappa shape index (κ2) is 12.9. The van der Waals surface area contributed by atoms with Crippen molar-refractivity contribution in [1.29, 1.82) is 0 Å². The normalized spacial score (nSPS) is 11.7. The average molecular weight is 325 g/mol. The van der Waals surface area contributed by atoms with Crippen LogP contribution in [0.5, 0.6) is 0 Å². The van der Waals surface area contributed by atoms with E-state index in [1.807, 2.05) is 19.3 Å². The summed E-state index contributed by atoms with van der Waals surface area (Å²) in [7, 11) is 3.47. The van der Waals surface area contributed by atoms with Gasteiger partial charge >= 0.3 is 0 Å². The van der Waals surface area contributed by atoms with Crippen molar-refractivity contribution in [2.45, 2.75) is 32.7 Å². The number of methoxy groups -OCH3 is 1. The minimum Gasteiger partial charge on any atom is -0.382 e. The highest BCUT2D eigenvalue weighted by molar-refractivity contribution is 5.79. The molecule has 0 fully saturated rings. The summed E-state index contributed by atoms with van der Waals surface area (Å²) in [5, 5.41) is 6.61. The number of imidazole rings is 1. The average Bonchev–Trinajstić information content (AvgIpc) is 2.97. The molecule has 0 aromatic carbocycles. The van der Waals surface area contributed by atoms with Crippen molar-refractivity contribution in [2.24, 2.45) is 4.99 Å². The number of nitrogens with one attached hydrogen (secondary N) is 2. The molecule has 0 aliphatic heterocycles. The minimum atomic E-state index is 0.648. The van der Waals surface area contributed by atoms with E-state index in [1.54, 1.807) is 14.2 Å². The Bertz CT molecular complexity index is 434. The number of nitrogens with zero attached hydrogens (tertiary/aromatic N) is 3. The number of guanidine groups is 1.